The van der Waals surface area contributed by atoms with Crippen molar-refractivity contribution in [2.45, 2.75) is 20.3 Å². The van der Waals surface area contributed by atoms with E-state index in [4.69, 9.17) is 4.52 Å². The van der Waals surface area contributed by atoms with Crippen molar-refractivity contribution in [1.82, 2.24) is 5.16 Å². The van der Waals surface area contributed by atoms with Crippen LogP contribution in [0.4, 0.5) is 0 Å². The predicted molar refractivity (Wildman–Crippen MR) is 47.8 cm³/mol. The second-order valence-corrected chi connectivity index (χ2v) is 4.03. The van der Waals surface area contributed by atoms with Crippen molar-refractivity contribution in [1.29, 1.82) is 0 Å². The molecule has 3 heteroatoms. The Balaban J connectivity index is 2.56. The summed E-state index contributed by atoms with van der Waals surface area (Å²) in [5, 5.41) is 4.83. The van der Waals surface area contributed by atoms with Gasteiger partial charge in [-0.2, -0.15) is 0 Å². The van der Waals surface area contributed by atoms with Gasteiger partial charge in [0.2, 0.25) is 0 Å². The first-order valence-corrected chi connectivity index (χ1v) is 4.71. The molecule has 2 nitrogen and oxygen atoms in total. The lowest BCUT2D eigenvalue weighted by atomic mass is 9.91. The lowest BCUT2D eigenvalue weighted by Gasteiger charge is -2.19. The third-order valence-electron chi connectivity index (χ3n) is 1.51. The van der Waals surface area contributed by atoms with E-state index in [-0.39, 0.29) is 5.41 Å². The van der Waals surface area contributed by atoms with Crippen LogP contribution in [0.2, 0.25) is 0 Å². The Morgan fingerprint density at radius 1 is 1.64 bits per heavy atom. The third kappa shape index (κ3) is 2.66. The van der Waals surface area contributed by atoms with Gasteiger partial charge in [0.25, 0.3) is 0 Å². The summed E-state index contributed by atoms with van der Waals surface area (Å²) in [5.41, 5.74) is 1.28. The first-order chi connectivity index (χ1) is 5.14. The number of hydrogen-bond acceptors (Lipinski definition) is 2. The minimum absolute atomic E-state index is 0.261. The van der Waals surface area contributed by atoms with Crippen molar-refractivity contribution in [2.24, 2.45) is 5.41 Å². The summed E-state index contributed by atoms with van der Waals surface area (Å²) in [6, 6.07) is 1.91. The van der Waals surface area contributed by atoms with Crippen LogP contribution in [0.5, 0.6) is 0 Å². The minimum atomic E-state index is 0.261. The summed E-state index contributed by atoms with van der Waals surface area (Å²) in [5.74, 6) is 0. The molecule has 0 atom stereocenters. The lowest BCUT2D eigenvalue weighted by Crippen LogP contribution is -2.16. The SMILES string of the molecule is CC(C)(CBr)Cc1ccon1. The number of halogens is 1. The number of rotatable bonds is 3. The van der Waals surface area contributed by atoms with Crippen LogP contribution in [0, 0.1) is 5.41 Å². The second-order valence-electron chi connectivity index (χ2n) is 3.47. The molecule has 0 saturated heterocycles. The number of aromatic nitrogens is 1. The molecular formula is C8H12BrNO. The number of hydrogen-bond donors (Lipinski definition) is 0. The minimum Gasteiger partial charge on any atom is -0.365 e. The van der Waals surface area contributed by atoms with Crippen molar-refractivity contribution in [3.8, 4) is 0 Å². The van der Waals surface area contributed by atoms with E-state index in [0.29, 0.717) is 0 Å². The molecule has 0 aliphatic heterocycles. The highest BCUT2D eigenvalue weighted by atomic mass is 79.9. The normalized spacial score (nSPS) is 11.9. The van der Waals surface area contributed by atoms with Gasteiger partial charge in [0.1, 0.15) is 6.26 Å². The van der Waals surface area contributed by atoms with Crippen LogP contribution in [0.15, 0.2) is 16.9 Å². The van der Waals surface area contributed by atoms with Gasteiger partial charge in [0, 0.05) is 11.4 Å². The zero-order valence-corrected chi connectivity index (χ0v) is 8.39. The molecule has 1 aromatic rings. The maximum atomic E-state index is 4.74. The molecule has 0 amide bonds. The molecule has 0 unspecified atom stereocenters. The van der Waals surface area contributed by atoms with Gasteiger partial charge in [-0.1, -0.05) is 34.9 Å². The quantitative estimate of drug-likeness (QED) is 0.729. The van der Waals surface area contributed by atoms with E-state index in [1.54, 1.807) is 6.26 Å². The molecule has 0 saturated carbocycles. The molecule has 0 N–H and O–H groups in total. The zero-order chi connectivity index (χ0) is 8.32. The first-order valence-electron chi connectivity index (χ1n) is 3.59. The highest BCUT2D eigenvalue weighted by Gasteiger charge is 2.17. The Morgan fingerprint density at radius 3 is 2.82 bits per heavy atom. The largest absolute Gasteiger partial charge is 0.365 e. The zero-order valence-electron chi connectivity index (χ0n) is 6.80. The van der Waals surface area contributed by atoms with Gasteiger partial charge in [-0.15, -0.1) is 0 Å². The van der Waals surface area contributed by atoms with Crippen LogP contribution >= 0.6 is 15.9 Å². The molecule has 0 bridgehead atoms. The van der Waals surface area contributed by atoms with Gasteiger partial charge in [-0.25, -0.2) is 0 Å². The summed E-state index contributed by atoms with van der Waals surface area (Å²) in [7, 11) is 0. The van der Waals surface area contributed by atoms with Crippen LogP contribution in [-0.4, -0.2) is 10.5 Å². The first kappa shape index (κ1) is 8.78. The van der Waals surface area contributed by atoms with Crippen molar-refractivity contribution in [2.75, 3.05) is 5.33 Å². The highest BCUT2D eigenvalue weighted by molar-refractivity contribution is 9.09. The summed E-state index contributed by atoms with van der Waals surface area (Å²) in [6.07, 6.45) is 2.56. The van der Waals surface area contributed by atoms with E-state index in [9.17, 15) is 0 Å². The maximum absolute atomic E-state index is 4.74. The molecule has 0 radical (unpaired) electrons. The smallest absolute Gasteiger partial charge is 0.124 e. The highest BCUT2D eigenvalue weighted by Crippen LogP contribution is 2.22. The molecule has 1 aromatic heterocycles. The Hall–Kier alpha value is -0.310. The Bertz CT molecular complexity index is 206. The Morgan fingerprint density at radius 2 is 2.36 bits per heavy atom. The van der Waals surface area contributed by atoms with Crippen LogP contribution in [0.25, 0.3) is 0 Å². The van der Waals surface area contributed by atoms with Gasteiger partial charge in [-0.3, -0.25) is 0 Å². The van der Waals surface area contributed by atoms with E-state index < -0.39 is 0 Å². The van der Waals surface area contributed by atoms with Crippen LogP contribution < -0.4 is 0 Å². The number of alkyl halides is 1. The fourth-order valence-electron chi connectivity index (χ4n) is 0.866. The molecule has 11 heavy (non-hydrogen) atoms. The average Bonchev–Trinajstić information content (AvgIpc) is 2.39. The summed E-state index contributed by atoms with van der Waals surface area (Å²) < 4.78 is 4.74. The molecule has 0 aliphatic carbocycles. The van der Waals surface area contributed by atoms with E-state index in [1.165, 1.54) is 0 Å². The van der Waals surface area contributed by atoms with Crippen molar-refractivity contribution in [3.63, 3.8) is 0 Å². The fourth-order valence-corrected chi connectivity index (χ4v) is 1.06. The Kier molecular flexibility index (Phi) is 2.71. The fraction of sp³-hybridized carbons (Fsp3) is 0.625. The topological polar surface area (TPSA) is 26.0 Å². The van der Waals surface area contributed by atoms with E-state index in [0.717, 1.165) is 17.4 Å². The maximum Gasteiger partial charge on any atom is 0.124 e. The Labute approximate surface area is 75.1 Å². The molecule has 0 spiro atoms. The van der Waals surface area contributed by atoms with Crippen molar-refractivity contribution in [3.05, 3.63) is 18.0 Å². The summed E-state index contributed by atoms with van der Waals surface area (Å²) >= 11 is 3.46. The molecule has 0 aliphatic rings. The van der Waals surface area contributed by atoms with Crippen LogP contribution in [0.3, 0.4) is 0 Å². The van der Waals surface area contributed by atoms with E-state index in [1.807, 2.05) is 6.07 Å². The van der Waals surface area contributed by atoms with Gasteiger partial charge in [0.05, 0.1) is 5.69 Å². The summed E-state index contributed by atoms with van der Waals surface area (Å²) in [6.45, 7) is 4.38. The molecule has 0 aromatic carbocycles. The third-order valence-corrected chi connectivity index (χ3v) is 3.03. The average molecular weight is 218 g/mol. The van der Waals surface area contributed by atoms with Crippen LogP contribution in [-0.2, 0) is 6.42 Å². The van der Waals surface area contributed by atoms with Crippen LogP contribution in [0.1, 0.15) is 19.5 Å². The number of nitrogens with zero attached hydrogens (tertiary/aromatic N) is 1. The standard InChI is InChI=1S/C8H12BrNO/c1-8(2,6-9)5-7-3-4-11-10-7/h3-4H,5-6H2,1-2H3. The molecule has 1 rings (SSSR count). The van der Waals surface area contributed by atoms with Gasteiger partial charge in [0.15, 0.2) is 0 Å². The van der Waals surface area contributed by atoms with Gasteiger partial charge in [-0.05, 0) is 11.8 Å². The predicted octanol–water partition coefficient (Wildman–Crippen LogP) is 2.64. The molecule has 62 valence electrons. The molecule has 1 heterocycles. The van der Waals surface area contributed by atoms with E-state index >= 15 is 0 Å². The van der Waals surface area contributed by atoms with Crippen molar-refractivity contribution < 1.29 is 4.52 Å². The van der Waals surface area contributed by atoms with Gasteiger partial charge < -0.3 is 4.52 Å². The van der Waals surface area contributed by atoms with Gasteiger partial charge >= 0.3 is 0 Å². The lowest BCUT2D eigenvalue weighted by molar-refractivity contribution is 0.377. The second kappa shape index (κ2) is 3.39. The molecular weight excluding hydrogens is 206 g/mol. The summed E-state index contributed by atoms with van der Waals surface area (Å²) in [4.78, 5) is 0. The van der Waals surface area contributed by atoms with Crippen molar-refractivity contribution >= 4 is 15.9 Å². The van der Waals surface area contributed by atoms with E-state index in [2.05, 4.69) is 34.9 Å². The monoisotopic (exact) mass is 217 g/mol. The molecule has 0 fully saturated rings.